The minimum atomic E-state index is -0.338. The van der Waals surface area contributed by atoms with Gasteiger partial charge in [-0.25, -0.2) is 4.39 Å². The number of rotatable bonds is 5. The number of hydrogen-bond donors (Lipinski definition) is 2. The molecule has 2 aromatic carbocycles. The summed E-state index contributed by atoms with van der Waals surface area (Å²) >= 11 is 0. The maximum Gasteiger partial charge on any atom is 0.243 e. The van der Waals surface area contributed by atoms with Gasteiger partial charge in [-0.1, -0.05) is 6.07 Å². The molecule has 0 unspecified atom stereocenters. The molecule has 29 heavy (non-hydrogen) atoms. The van der Waals surface area contributed by atoms with E-state index in [1.165, 1.54) is 24.3 Å². The van der Waals surface area contributed by atoms with E-state index in [4.69, 9.17) is 4.74 Å². The molecule has 1 saturated heterocycles. The first-order valence-electron chi connectivity index (χ1n) is 9.49. The van der Waals surface area contributed by atoms with Crippen molar-refractivity contribution in [3.63, 3.8) is 0 Å². The lowest BCUT2D eigenvalue weighted by Gasteiger charge is -2.37. The van der Waals surface area contributed by atoms with E-state index < -0.39 is 0 Å². The van der Waals surface area contributed by atoms with Crippen LogP contribution in [-0.2, 0) is 4.79 Å². The van der Waals surface area contributed by atoms with Crippen molar-refractivity contribution in [2.45, 2.75) is 0 Å². The molecule has 1 aliphatic heterocycles. The van der Waals surface area contributed by atoms with Gasteiger partial charge >= 0.3 is 0 Å². The van der Waals surface area contributed by atoms with Gasteiger partial charge in [0.05, 0.1) is 13.7 Å². The third-order valence-corrected chi connectivity index (χ3v) is 4.74. The standard InChI is InChI=1S/C21H26FN5O2/c1-23-21(24-15-20(28)25-17-8-6-16(22)7-9-17)27-12-10-26(11-13-27)18-4-3-5-19(14-18)29-2/h3-9,14H,10-13,15H2,1-2H3,(H,23,24)(H,25,28). The molecule has 8 heteroatoms. The summed E-state index contributed by atoms with van der Waals surface area (Å²) in [6, 6.07) is 13.7. The summed E-state index contributed by atoms with van der Waals surface area (Å²) in [7, 11) is 3.37. The number of guanidine groups is 1. The van der Waals surface area contributed by atoms with Gasteiger partial charge < -0.3 is 25.2 Å². The normalized spacial score (nSPS) is 14.5. The molecule has 0 spiro atoms. The van der Waals surface area contributed by atoms with Crippen molar-refractivity contribution in [1.82, 2.24) is 10.2 Å². The number of anilines is 2. The first-order valence-corrected chi connectivity index (χ1v) is 9.49. The number of methoxy groups -OCH3 is 1. The highest BCUT2D eigenvalue weighted by Crippen LogP contribution is 2.22. The Kier molecular flexibility index (Phi) is 6.89. The van der Waals surface area contributed by atoms with E-state index in [0.29, 0.717) is 11.6 Å². The summed E-state index contributed by atoms with van der Waals surface area (Å²) in [6.07, 6.45) is 0. The quantitative estimate of drug-likeness (QED) is 0.596. The van der Waals surface area contributed by atoms with Crippen LogP contribution >= 0.6 is 0 Å². The Morgan fingerprint density at radius 2 is 1.86 bits per heavy atom. The Morgan fingerprint density at radius 3 is 2.52 bits per heavy atom. The molecule has 1 amide bonds. The zero-order chi connectivity index (χ0) is 20.6. The Morgan fingerprint density at radius 1 is 1.14 bits per heavy atom. The molecule has 2 N–H and O–H groups in total. The lowest BCUT2D eigenvalue weighted by atomic mass is 10.2. The van der Waals surface area contributed by atoms with Crippen molar-refractivity contribution in [3.05, 3.63) is 54.3 Å². The van der Waals surface area contributed by atoms with Gasteiger partial charge in [-0.2, -0.15) is 0 Å². The highest BCUT2D eigenvalue weighted by molar-refractivity contribution is 5.95. The van der Waals surface area contributed by atoms with E-state index in [-0.39, 0.29) is 18.3 Å². The summed E-state index contributed by atoms with van der Waals surface area (Å²) in [5.74, 6) is 0.974. The van der Waals surface area contributed by atoms with E-state index in [1.54, 1.807) is 14.2 Å². The number of hydrogen-bond acceptors (Lipinski definition) is 4. The molecule has 2 aromatic rings. The monoisotopic (exact) mass is 399 g/mol. The number of carbonyl (C=O) groups is 1. The minimum Gasteiger partial charge on any atom is -0.497 e. The Labute approximate surface area is 170 Å². The fourth-order valence-electron chi connectivity index (χ4n) is 3.21. The summed E-state index contributed by atoms with van der Waals surface area (Å²) in [5.41, 5.74) is 1.69. The first-order chi connectivity index (χ1) is 14.1. The highest BCUT2D eigenvalue weighted by atomic mass is 19.1. The fourth-order valence-corrected chi connectivity index (χ4v) is 3.21. The fraction of sp³-hybridized carbons (Fsp3) is 0.333. The number of nitrogens with one attached hydrogen (secondary N) is 2. The van der Waals surface area contributed by atoms with Gasteiger partial charge in [0.2, 0.25) is 5.91 Å². The maximum absolute atomic E-state index is 12.9. The lowest BCUT2D eigenvalue weighted by molar-refractivity contribution is -0.115. The van der Waals surface area contributed by atoms with Crippen LogP contribution in [-0.4, -0.2) is 63.6 Å². The van der Waals surface area contributed by atoms with Crippen molar-refractivity contribution in [2.24, 2.45) is 4.99 Å². The first kappa shape index (κ1) is 20.4. The summed E-state index contributed by atoms with van der Waals surface area (Å²) < 4.78 is 18.3. The van der Waals surface area contributed by atoms with Crippen LogP contribution in [0.5, 0.6) is 5.75 Å². The van der Waals surface area contributed by atoms with E-state index in [9.17, 15) is 9.18 Å². The summed E-state index contributed by atoms with van der Waals surface area (Å²) in [4.78, 5) is 20.9. The predicted octanol–water partition coefficient (Wildman–Crippen LogP) is 2.17. The van der Waals surface area contributed by atoms with Gasteiger partial charge in [-0.3, -0.25) is 9.79 Å². The highest BCUT2D eigenvalue weighted by Gasteiger charge is 2.20. The number of piperazine rings is 1. The number of halogens is 1. The van der Waals surface area contributed by atoms with E-state index >= 15 is 0 Å². The molecule has 0 aliphatic carbocycles. The van der Waals surface area contributed by atoms with Crippen LogP contribution in [0.15, 0.2) is 53.5 Å². The van der Waals surface area contributed by atoms with Gasteiger partial charge in [-0.15, -0.1) is 0 Å². The molecular formula is C21H26FN5O2. The van der Waals surface area contributed by atoms with Crippen molar-refractivity contribution < 1.29 is 13.9 Å². The zero-order valence-electron chi connectivity index (χ0n) is 16.7. The van der Waals surface area contributed by atoms with Crippen LogP contribution in [0.4, 0.5) is 15.8 Å². The van der Waals surface area contributed by atoms with Crippen molar-refractivity contribution >= 4 is 23.2 Å². The molecule has 3 rings (SSSR count). The van der Waals surface area contributed by atoms with E-state index in [2.05, 4.69) is 31.5 Å². The van der Waals surface area contributed by atoms with Crippen LogP contribution < -0.4 is 20.3 Å². The second-order valence-electron chi connectivity index (χ2n) is 6.63. The lowest BCUT2D eigenvalue weighted by Crippen LogP contribution is -2.53. The van der Waals surface area contributed by atoms with Gasteiger partial charge in [-0.05, 0) is 36.4 Å². The van der Waals surface area contributed by atoms with Crippen molar-refractivity contribution in [3.8, 4) is 5.75 Å². The second-order valence-corrected chi connectivity index (χ2v) is 6.63. The van der Waals surface area contributed by atoms with E-state index in [0.717, 1.165) is 37.6 Å². The average Bonchev–Trinajstić information content (AvgIpc) is 2.76. The van der Waals surface area contributed by atoms with Crippen LogP contribution in [0.25, 0.3) is 0 Å². The number of nitrogens with zero attached hydrogens (tertiary/aromatic N) is 3. The predicted molar refractivity (Wildman–Crippen MR) is 113 cm³/mol. The van der Waals surface area contributed by atoms with Gasteiger partial charge in [0.1, 0.15) is 11.6 Å². The molecule has 7 nitrogen and oxygen atoms in total. The van der Waals surface area contributed by atoms with Crippen LogP contribution in [0.2, 0.25) is 0 Å². The van der Waals surface area contributed by atoms with Crippen molar-refractivity contribution in [2.75, 3.05) is 57.1 Å². The minimum absolute atomic E-state index is 0.0835. The smallest absolute Gasteiger partial charge is 0.243 e. The molecule has 0 saturated carbocycles. The second kappa shape index (κ2) is 9.77. The SMILES string of the molecule is CN=C(NCC(=O)Nc1ccc(F)cc1)N1CCN(c2cccc(OC)c2)CC1. The van der Waals surface area contributed by atoms with Crippen molar-refractivity contribution in [1.29, 1.82) is 0 Å². The molecule has 0 atom stereocenters. The number of benzene rings is 2. The Bertz CT molecular complexity index is 848. The Hall–Kier alpha value is -3.29. The Balaban J connectivity index is 1.48. The summed E-state index contributed by atoms with van der Waals surface area (Å²) in [5, 5.41) is 5.82. The molecule has 0 bridgehead atoms. The molecular weight excluding hydrogens is 373 g/mol. The third kappa shape index (κ3) is 5.60. The molecule has 1 heterocycles. The zero-order valence-corrected chi connectivity index (χ0v) is 16.7. The van der Waals surface area contributed by atoms with Crippen LogP contribution in [0.1, 0.15) is 0 Å². The molecule has 1 aliphatic rings. The van der Waals surface area contributed by atoms with Crippen LogP contribution in [0.3, 0.4) is 0 Å². The molecule has 0 aromatic heterocycles. The van der Waals surface area contributed by atoms with Crippen LogP contribution in [0, 0.1) is 5.82 Å². The number of amides is 1. The van der Waals surface area contributed by atoms with E-state index in [1.807, 2.05) is 18.2 Å². The maximum atomic E-state index is 12.9. The number of carbonyl (C=O) groups excluding carboxylic acids is 1. The topological polar surface area (TPSA) is 69.2 Å². The van der Waals surface area contributed by atoms with Gasteiger partial charge in [0.25, 0.3) is 0 Å². The molecule has 154 valence electrons. The molecule has 1 fully saturated rings. The van der Waals surface area contributed by atoms with Gasteiger partial charge in [0, 0.05) is 50.7 Å². The number of aliphatic imine (C=N–C) groups is 1. The number of ether oxygens (including phenoxy) is 1. The largest absolute Gasteiger partial charge is 0.497 e. The molecule has 0 radical (unpaired) electrons. The average molecular weight is 399 g/mol. The summed E-state index contributed by atoms with van der Waals surface area (Å²) in [6.45, 7) is 3.35. The third-order valence-electron chi connectivity index (χ3n) is 4.74. The van der Waals surface area contributed by atoms with Gasteiger partial charge in [0.15, 0.2) is 5.96 Å².